The Bertz CT molecular complexity index is 1580. The predicted molar refractivity (Wildman–Crippen MR) is 156 cm³/mol. The minimum Gasteiger partial charge on any atom is -0.444 e. The first-order chi connectivity index (χ1) is 19.2. The van der Waals surface area contributed by atoms with E-state index in [4.69, 9.17) is 4.74 Å². The monoisotopic (exact) mass is 531 g/mol. The Balaban J connectivity index is 1.54. The van der Waals surface area contributed by atoms with Gasteiger partial charge in [0.1, 0.15) is 5.60 Å². The van der Waals surface area contributed by atoms with Gasteiger partial charge in [0.15, 0.2) is 5.78 Å². The molecule has 0 unspecified atom stereocenters. The maximum Gasteiger partial charge on any atom is 0.412 e. The molecule has 0 spiro atoms. The number of ketones is 1. The van der Waals surface area contributed by atoms with Crippen LogP contribution in [0.5, 0.6) is 0 Å². The molecule has 3 aromatic carbocycles. The van der Waals surface area contributed by atoms with Crippen LogP contribution in [0.15, 0.2) is 97.3 Å². The van der Waals surface area contributed by atoms with Gasteiger partial charge in [-0.15, -0.1) is 0 Å². The van der Waals surface area contributed by atoms with E-state index >= 15 is 0 Å². The van der Waals surface area contributed by atoms with Gasteiger partial charge in [0.2, 0.25) is 5.91 Å². The van der Waals surface area contributed by atoms with E-state index in [-0.39, 0.29) is 12.2 Å². The number of carbonyl (C=O) groups is 3. The Hall–Kier alpha value is -5.22. The third-order valence-corrected chi connectivity index (χ3v) is 5.55. The van der Waals surface area contributed by atoms with E-state index < -0.39 is 17.6 Å². The lowest BCUT2D eigenvalue weighted by Gasteiger charge is -2.20. The minimum absolute atomic E-state index is 0.299. The van der Waals surface area contributed by atoms with Crippen LogP contribution in [0.4, 0.5) is 16.2 Å². The summed E-state index contributed by atoms with van der Waals surface area (Å²) >= 11 is 0. The lowest BCUT2D eigenvalue weighted by Crippen LogP contribution is -2.27. The van der Waals surface area contributed by atoms with Crippen molar-refractivity contribution in [2.45, 2.75) is 32.8 Å². The van der Waals surface area contributed by atoms with Crippen LogP contribution in [0, 0.1) is 11.8 Å². The molecule has 4 aromatic rings. The Morgan fingerprint density at radius 2 is 1.52 bits per heavy atom. The van der Waals surface area contributed by atoms with Crippen LogP contribution in [-0.4, -0.2) is 28.4 Å². The summed E-state index contributed by atoms with van der Waals surface area (Å²) < 4.78 is 5.36. The second-order valence-electron chi connectivity index (χ2n) is 9.97. The fraction of sp³-hybridized carbons (Fsp3) is 0.152. The molecule has 0 bridgehead atoms. The van der Waals surface area contributed by atoms with Crippen LogP contribution in [-0.2, 0) is 9.53 Å². The predicted octanol–water partition coefficient (Wildman–Crippen LogP) is 6.71. The van der Waals surface area contributed by atoms with E-state index in [0.29, 0.717) is 22.5 Å². The summed E-state index contributed by atoms with van der Waals surface area (Å²) in [6, 6.07) is 25.3. The van der Waals surface area contributed by atoms with Gasteiger partial charge in [-0.05, 0) is 68.8 Å². The second kappa shape index (κ2) is 12.5. The summed E-state index contributed by atoms with van der Waals surface area (Å²) in [6.45, 7) is 5.27. The average Bonchev–Trinajstić information content (AvgIpc) is 2.93. The molecule has 0 fully saturated rings. The number of aromatic nitrogens is 1. The van der Waals surface area contributed by atoms with Crippen LogP contribution in [0.1, 0.15) is 48.7 Å². The van der Waals surface area contributed by atoms with Crippen molar-refractivity contribution in [3.05, 3.63) is 114 Å². The van der Waals surface area contributed by atoms with Gasteiger partial charge < -0.3 is 10.1 Å². The summed E-state index contributed by atoms with van der Waals surface area (Å²) in [4.78, 5) is 42.5. The highest BCUT2D eigenvalue weighted by Gasteiger charge is 2.19. The molecular formula is C33H29N3O4. The number of amides is 2. The number of carbonyl (C=O) groups excluding carboxylic acids is 3. The van der Waals surface area contributed by atoms with Gasteiger partial charge in [-0.2, -0.15) is 0 Å². The smallest absolute Gasteiger partial charge is 0.412 e. The summed E-state index contributed by atoms with van der Waals surface area (Å²) in [5.41, 5.74) is 3.47. The zero-order valence-corrected chi connectivity index (χ0v) is 22.5. The first-order valence-corrected chi connectivity index (χ1v) is 12.7. The van der Waals surface area contributed by atoms with Gasteiger partial charge >= 0.3 is 6.09 Å². The lowest BCUT2D eigenvalue weighted by molar-refractivity contribution is -0.115. The Morgan fingerprint density at radius 1 is 0.775 bits per heavy atom. The van der Waals surface area contributed by atoms with Crippen molar-refractivity contribution in [3.8, 4) is 23.0 Å². The highest BCUT2D eigenvalue weighted by Crippen LogP contribution is 2.25. The van der Waals surface area contributed by atoms with E-state index in [1.807, 2.05) is 48.5 Å². The van der Waals surface area contributed by atoms with Gasteiger partial charge in [-0.3, -0.25) is 19.9 Å². The summed E-state index contributed by atoms with van der Waals surface area (Å²) in [6.07, 6.45) is 2.33. The van der Waals surface area contributed by atoms with Crippen molar-refractivity contribution in [3.63, 3.8) is 0 Å². The normalized spacial score (nSPS) is 10.6. The third kappa shape index (κ3) is 8.14. The Morgan fingerprint density at radius 3 is 2.25 bits per heavy atom. The quantitative estimate of drug-likeness (QED) is 0.164. The number of nitrogens with one attached hydrogen (secondary N) is 2. The van der Waals surface area contributed by atoms with Gasteiger partial charge in [0.25, 0.3) is 0 Å². The molecule has 0 aliphatic heterocycles. The molecular weight excluding hydrogens is 502 g/mol. The molecule has 2 N–H and O–H groups in total. The number of ether oxygens (including phenoxy) is 1. The van der Waals surface area contributed by atoms with Gasteiger partial charge in [0, 0.05) is 34.6 Å². The number of benzene rings is 3. The van der Waals surface area contributed by atoms with Gasteiger partial charge in [-0.25, -0.2) is 4.79 Å². The van der Waals surface area contributed by atoms with E-state index in [0.717, 1.165) is 16.7 Å². The van der Waals surface area contributed by atoms with Crippen LogP contribution in [0.2, 0.25) is 0 Å². The van der Waals surface area contributed by atoms with Crippen LogP contribution < -0.4 is 10.6 Å². The van der Waals surface area contributed by atoms with E-state index in [1.54, 1.807) is 69.6 Å². The molecule has 7 heteroatoms. The zero-order valence-electron chi connectivity index (χ0n) is 22.5. The molecule has 2 amide bonds. The highest BCUT2D eigenvalue weighted by molar-refractivity contribution is 6.12. The summed E-state index contributed by atoms with van der Waals surface area (Å²) in [7, 11) is 0. The SMILES string of the molecule is CC(C)(C)OC(=O)Nc1ccc(C#Cc2ccccc2)cc1NC(=O)CC(=O)c1cccc(-c2cccnc2)c1. The number of hydrogen-bond donors (Lipinski definition) is 2. The Kier molecular flexibility index (Phi) is 8.72. The van der Waals surface area contributed by atoms with Crippen molar-refractivity contribution >= 4 is 29.2 Å². The lowest BCUT2D eigenvalue weighted by atomic mass is 10.0. The van der Waals surface area contributed by atoms with E-state index in [2.05, 4.69) is 27.5 Å². The van der Waals surface area contributed by atoms with E-state index in [9.17, 15) is 14.4 Å². The molecule has 1 aromatic heterocycles. The maximum absolute atomic E-state index is 13.0. The molecule has 0 atom stereocenters. The highest BCUT2D eigenvalue weighted by atomic mass is 16.6. The van der Waals surface area contributed by atoms with Crippen LogP contribution in [0.25, 0.3) is 11.1 Å². The first-order valence-electron chi connectivity index (χ1n) is 12.7. The molecule has 4 rings (SSSR count). The van der Waals surface area contributed by atoms with E-state index in [1.165, 1.54) is 0 Å². The molecule has 1 heterocycles. The molecule has 0 aliphatic rings. The molecule has 0 aliphatic carbocycles. The van der Waals surface area contributed by atoms with Crippen molar-refractivity contribution in [2.24, 2.45) is 0 Å². The molecule has 0 radical (unpaired) electrons. The molecule has 40 heavy (non-hydrogen) atoms. The number of anilines is 2. The standard InChI is InChI=1S/C33H29N3O4/c1-33(2,3)40-32(39)36-28-17-16-24(15-14-23-9-5-4-6-10-23)19-29(28)35-31(38)21-30(37)26-12-7-11-25(20-26)27-13-8-18-34-22-27/h4-13,16-20,22H,21H2,1-3H3,(H,35,38)(H,36,39). The fourth-order valence-electron chi connectivity index (χ4n) is 3.76. The minimum atomic E-state index is -0.703. The van der Waals surface area contributed by atoms with Gasteiger partial charge in [-0.1, -0.05) is 54.3 Å². The van der Waals surface area contributed by atoms with Crippen molar-refractivity contribution < 1.29 is 19.1 Å². The van der Waals surface area contributed by atoms with Gasteiger partial charge in [0.05, 0.1) is 17.8 Å². The summed E-state index contributed by atoms with van der Waals surface area (Å²) in [5.74, 6) is 5.26. The second-order valence-corrected chi connectivity index (χ2v) is 9.97. The fourth-order valence-corrected chi connectivity index (χ4v) is 3.76. The number of Topliss-reactive ketones (excluding diaryl/α,β-unsaturated/α-hetero) is 1. The summed E-state index contributed by atoms with van der Waals surface area (Å²) in [5, 5.41) is 5.43. The molecule has 0 saturated heterocycles. The molecule has 0 saturated carbocycles. The maximum atomic E-state index is 13.0. The number of nitrogens with zero attached hydrogens (tertiary/aromatic N) is 1. The van der Waals surface area contributed by atoms with Crippen LogP contribution >= 0.6 is 0 Å². The number of pyridine rings is 1. The van der Waals surface area contributed by atoms with Crippen molar-refractivity contribution in [2.75, 3.05) is 10.6 Å². The molecule has 7 nitrogen and oxygen atoms in total. The topological polar surface area (TPSA) is 97.4 Å². The first kappa shape index (κ1) is 27.8. The number of rotatable bonds is 6. The number of hydrogen-bond acceptors (Lipinski definition) is 5. The largest absolute Gasteiger partial charge is 0.444 e. The Labute approximate surface area is 233 Å². The zero-order chi connectivity index (χ0) is 28.5. The van der Waals surface area contributed by atoms with Crippen LogP contribution in [0.3, 0.4) is 0 Å². The molecule has 200 valence electrons. The average molecular weight is 532 g/mol. The van der Waals surface area contributed by atoms with Crippen molar-refractivity contribution in [1.29, 1.82) is 0 Å². The van der Waals surface area contributed by atoms with Crippen molar-refractivity contribution in [1.82, 2.24) is 4.98 Å². The third-order valence-electron chi connectivity index (χ3n) is 5.55.